The maximum atomic E-state index is 11.4. The first-order chi connectivity index (χ1) is 17.1. The first-order valence-corrected chi connectivity index (χ1v) is 12.9. The normalized spacial score (nSPS) is 14.9. The van der Waals surface area contributed by atoms with Crippen molar-refractivity contribution in [1.29, 1.82) is 0 Å². The van der Waals surface area contributed by atoms with Gasteiger partial charge in [-0.15, -0.1) is 10.2 Å². The summed E-state index contributed by atoms with van der Waals surface area (Å²) < 4.78 is 8.14. The summed E-state index contributed by atoms with van der Waals surface area (Å²) in [6, 6.07) is 9.78. The SMILES string of the molecule is CCC(=O)CCC#Cc1ccc(OCc2nnc(SC3C=CCCC3)n2-c2cccnc2)cc1C. The van der Waals surface area contributed by atoms with Gasteiger partial charge in [-0.1, -0.05) is 42.7 Å². The zero-order valence-electron chi connectivity index (χ0n) is 20.2. The first kappa shape index (κ1) is 24.7. The van der Waals surface area contributed by atoms with Gasteiger partial charge in [0.15, 0.2) is 11.0 Å². The summed E-state index contributed by atoms with van der Waals surface area (Å²) in [5, 5.41) is 10.2. The van der Waals surface area contributed by atoms with Gasteiger partial charge in [0.2, 0.25) is 0 Å². The second-order valence-electron chi connectivity index (χ2n) is 8.42. The second kappa shape index (κ2) is 12.4. The van der Waals surface area contributed by atoms with E-state index >= 15 is 0 Å². The molecule has 1 atom stereocenters. The zero-order chi connectivity index (χ0) is 24.5. The van der Waals surface area contributed by atoms with Crippen LogP contribution in [-0.2, 0) is 11.4 Å². The van der Waals surface area contributed by atoms with Crippen LogP contribution in [0, 0.1) is 18.8 Å². The molecule has 35 heavy (non-hydrogen) atoms. The molecule has 0 fully saturated rings. The highest BCUT2D eigenvalue weighted by Gasteiger charge is 2.19. The molecule has 1 unspecified atom stereocenters. The van der Waals surface area contributed by atoms with Crippen molar-refractivity contribution in [1.82, 2.24) is 19.7 Å². The number of benzene rings is 1. The number of thioether (sulfide) groups is 1. The number of carbonyl (C=O) groups excluding carboxylic acids is 1. The number of Topliss-reactive ketones (excluding diaryl/α,β-unsaturated/α-hetero) is 1. The number of rotatable bonds is 9. The molecule has 1 aliphatic rings. The van der Waals surface area contributed by atoms with E-state index < -0.39 is 0 Å². The summed E-state index contributed by atoms with van der Waals surface area (Å²) in [4.78, 5) is 15.7. The van der Waals surface area contributed by atoms with Gasteiger partial charge >= 0.3 is 0 Å². The second-order valence-corrected chi connectivity index (χ2v) is 9.63. The van der Waals surface area contributed by atoms with Gasteiger partial charge in [-0.25, -0.2) is 0 Å². The van der Waals surface area contributed by atoms with Gasteiger partial charge in [0, 0.05) is 36.3 Å². The smallest absolute Gasteiger partial charge is 0.196 e. The third kappa shape index (κ3) is 6.83. The number of aryl methyl sites for hydroxylation is 1. The number of aromatic nitrogens is 4. The van der Waals surface area contributed by atoms with E-state index in [-0.39, 0.29) is 12.4 Å². The van der Waals surface area contributed by atoms with E-state index in [0.717, 1.165) is 46.4 Å². The van der Waals surface area contributed by atoms with E-state index in [1.807, 2.05) is 54.9 Å². The summed E-state index contributed by atoms with van der Waals surface area (Å²) in [5.41, 5.74) is 2.90. The molecule has 2 heterocycles. The Bertz CT molecular complexity index is 1240. The highest BCUT2D eigenvalue weighted by atomic mass is 32.2. The Morgan fingerprint density at radius 3 is 2.94 bits per heavy atom. The number of carbonyl (C=O) groups is 1. The van der Waals surface area contributed by atoms with Crippen molar-refractivity contribution in [2.24, 2.45) is 0 Å². The number of nitrogens with zero attached hydrogens (tertiary/aromatic N) is 4. The Labute approximate surface area is 211 Å². The van der Waals surface area contributed by atoms with Crippen LogP contribution in [0.1, 0.15) is 62.4 Å². The van der Waals surface area contributed by atoms with Crippen molar-refractivity contribution in [2.45, 2.75) is 69.4 Å². The molecule has 2 aromatic heterocycles. The average molecular weight is 487 g/mol. The molecular weight excluding hydrogens is 456 g/mol. The molecular formula is C28H30N4O2S. The van der Waals surface area contributed by atoms with Gasteiger partial charge < -0.3 is 4.74 Å². The molecule has 180 valence electrons. The number of hydrogen-bond donors (Lipinski definition) is 0. The Morgan fingerprint density at radius 2 is 2.20 bits per heavy atom. The lowest BCUT2D eigenvalue weighted by Crippen LogP contribution is -2.09. The van der Waals surface area contributed by atoms with Crippen LogP contribution in [0.3, 0.4) is 0 Å². The van der Waals surface area contributed by atoms with Crippen LogP contribution >= 0.6 is 11.8 Å². The fraction of sp³-hybridized carbons (Fsp3) is 0.357. The number of ether oxygens (including phenoxy) is 1. The van der Waals surface area contributed by atoms with Crippen molar-refractivity contribution < 1.29 is 9.53 Å². The van der Waals surface area contributed by atoms with E-state index in [9.17, 15) is 4.79 Å². The molecule has 0 saturated carbocycles. The van der Waals surface area contributed by atoms with Gasteiger partial charge in [0.1, 0.15) is 18.1 Å². The maximum Gasteiger partial charge on any atom is 0.196 e. The molecule has 0 bridgehead atoms. The molecule has 0 N–H and O–H groups in total. The van der Waals surface area contributed by atoms with E-state index in [4.69, 9.17) is 4.74 Å². The molecule has 1 aromatic carbocycles. The molecule has 4 rings (SSSR count). The molecule has 0 aliphatic heterocycles. The lowest BCUT2D eigenvalue weighted by atomic mass is 10.1. The number of ketones is 1. The van der Waals surface area contributed by atoms with E-state index in [2.05, 4.69) is 39.2 Å². The average Bonchev–Trinajstić information content (AvgIpc) is 3.29. The Kier molecular flexibility index (Phi) is 8.74. The largest absolute Gasteiger partial charge is 0.486 e. The minimum atomic E-state index is 0.246. The van der Waals surface area contributed by atoms with Crippen LogP contribution in [0.15, 0.2) is 60.0 Å². The summed E-state index contributed by atoms with van der Waals surface area (Å²) in [7, 11) is 0. The molecule has 3 aromatic rings. The van der Waals surface area contributed by atoms with Crippen molar-refractivity contribution in [2.75, 3.05) is 0 Å². The topological polar surface area (TPSA) is 69.9 Å². The quantitative estimate of drug-likeness (QED) is 0.279. The highest BCUT2D eigenvalue weighted by molar-refractivity contribution is 7.99. The Morgan fingerprint density at radius 1 is 1.29 bits per heavy atom. The highest BCUT2D eigenvalue weighted by Crippen LogP contribution is 2.31. The molecule has 6 nitrogen and oxygen atoms in total. The predicted molar refractivity (Wildman–Crippen MR) is 139 cm³/mol. The van der Waals surface area contributed by atoms with Gasteiger partial charge in [-0.3, -0.25) is 14.3 Å². The Balaban J connectivity index is 1.47. The summed E-state index contributed by atoms with van der Waals surface area (Å²) in [6.45, 7) is 4.18. The summed E-state index contributed by atoms with van der Waals surface area (Å²) in [5.74, 6) is 7.99. The molecule has 7 heteroatoms. The fourth-order valence-corrected chi connectivity index (χ4v) is 4.93. The Hall–Kier alpha value is -3.37. The number of allylic oxidation sites excluding steroid dienone is 1. The van der Waals surface area contributed by atoms with Crippen LogP contribution in [0.5, 0.6) is 5.75 Å². The fourth-order valence-electron chi connectivity index (χ4n) is 3.78. The maximum absolute atomic E-state index is 11.4. The van der Waals surface area contributed by atoms with Crippen molar-refractivity contribution >= 4 is 17.5 Å². The molecule has 0 amide bonds. The molecule has 0 saturated heterocycles. The monoisotopic (exact) mass is 486 g/mol. The third-order valence-electron chi connectivity index (χ3n) is 5.78. The minimum Gasteiger partial charge on any atom is -0.486 e. The van der Waals surface area contributed by atoms with E-state index in [1.54, 1.807) is 18.0 Å². The van der Waals surface area contributed by atoms with Crippen molar-refractivity contribution in [3.63, 3.8) is 0 Å². The third-order valence-corrected chi connectivity index (χ3v) is 6.95. The standard InChI is InChI=1S/C28H30N4O2S/c1-3-24(33)12-8-7-10-22-15-16-25(18-21(22)2)34-20-27-30-31-28(35-26-13-5-4-6-14-26)32(27)23-11-9-17-29-19-23/h5,9,11,13,15-19,26H,3-4,6,8,12,14,20H2,1-2H3. The van der Waals surface area contributed by atoms with Crippen molar-refractivity contribution in [3.8, 4) is 23.3 Å². The van der Waals surface area contributed by atoms with Crippen molar-refractivity contribution in [3.05, 3.63) is 71.8 Å². The van der Waals surface area contributed by atoms with E-state index in [0.29, 0.717) is 24.5 Å². The number of pyridine rings is 1. The van der Waals surface area contributed by atoms with Crippen LogP contribution in [0.25, 0.3) is 5.69 Å². The minimum absolute atomic E-state index is 0.246. The number of hydrogen-bond acceptors (Lipinski definition) is 6. The van der Waals surface area contributed by atoms with Crippen LogP contribution in [0.2, 0.25) is 0 Å². The predicted octanol–water partition coefficient (Wildman–Crippen LogP) is 5.86. The molecule has 0 radical (unpaired) electrons. The van der Waals surface area contributed by atoms with Gasteiger partial charge in [-0.05, 0) is 62.1 Å². The zero-order valence-corrected chi connectivity index (χ0v) is 21.1. The van der Waals surface area contributed by atoms with E-state index in [1.165, 1.54) is 6.42 Å². The molecule has 1 aliphatic carbocycles. The summed E-state index contributed by atoms with van der Waals surface area (Å²) >= 11 is 1.73. The van der Waals surface area contributed by atoms with Crippen LogP contribution < -0.4 is 4.74 Å². The van der Waals surface area contributed by atoms with Crippen LogP contribution in [-0.4, -0.2) is 30.8 Å². The van der Waals surface area contributed by atoms with Gasteiger partial charge in [-0.2, -0.15) is 0 Å². The first-order valence-electron chi connectivity index (χ1n) is 12.1. The molecule has 0 spiro atoms. The van der Waals surface area contributed by atoms with Crippen LogP contribution in [0.4, 0.5) is 0 Å². The lowest BCUT2D eigenvalue weighted by molar-refractivity contribution is -0.118. The summed E-state index contributed by atoms with van der Waals surface area (Å²) in [6.07, 6.45) is 13.2. The van der Waals surface area contributed by atoms with Gasteiger partial charge in [0.25, 0.3) is 0 Å². The van der Waals surface area contributed by atoms with Gasteiger partial charge in [0.05, 0.1) is 11.9 Å². The lowest BCUT2D eigenvalue weighted by Gasteiger charge is -2.16.